The highest BCUT2D eigenvalue weighted by Gasteiger charge is 2.10. The monoisotopic (exact) mass is 320 g/mol. The highest BCUT2D eigenvalue weighted by molar-refractivity contribution is 5.98. The average Bonchev–Trinajstić information content (AvgIpc) is 2.61. The molecule has 0 aromatic heterocycles. The predicted molar refractivity (Wildman–Crippen MR) is 96.7 cm³/mol. The van der Waals surface area contributed by atoms with Crippen LogP contribution in [0.3, 0.4) is 0 Å². The van der Waals surface area contributed by atoms with Gasteiger partial charge in [0.1, 0.15) is 0 Å². The third kappa shape index (κ3) is 4.41. The number of ketones is 2. The summed E-state index contributed by atoms with van der Waals surface area (Å²) in [6.07, 6.45) is 7.16. The number of carbonyl (C=O) groups excluding carboxylic acids is 2. The van der Waals surface area contributed by atoms with Crippen molar-refractivity contribution in [3.63, 3.8) is 0 Å². The van der Waals surface area contributed by atoms with Crippen molar-refractivity contribution in [1.82, 2.24) is 0 Å². The number of rotatable bonds is 0. The van der Waals surface area contributed by atoms with E-state index in [9.17, 15) is 9.59 Å². The molecule has 0 atom stereocenters. The lowest BCUT2D eigenvalue weighted by molar-refractivity contribution is 0.0957. The first-order chi connectivity index (χ1) is 11.7. The minimum atomic E-state index is 0.130. The highest BCUT2D eigenvalue weighted by atomic mass is 16.1. The zero-order chi connectivity index (χ0) is 16.8. The quantitative estimate of drug-likeness (QED) is 0.669. The van der Waals surface area contributed by atoms with E-state index >= 15 is 0 Å². The molecule has 0 N–H and O–H groups in total. The van der Waals surface area contributed by atoms with Crippen molar-refractivity contribution in [2.75, 3.05) is 0 Å². The molecule has 0 radical (unpaired) electrons. The molecule has 0 heterocycles. The van der Waals surface area contributed by atoms with Crippen molar-refractivity contribution in [1.29, 1.82) is 0 Å². The smallest absolute Gasteiger partial charge is 0.162 e. The summed E-state index contributed by atoms with van der Waals surface area (Å²) in [5.74, 6) is 0.261. The molecule has 4 aliphatic carbocycles. The van der Waals surface area contributed by atoms with E-state index in [4.69, 9.17) is 0 Å². The van der Waals surface area contributed by atoms with E-state index in [0.717, 1.165) is 24.0 Å². The summed E-state index contributed by atoms with van der Waals surface area (Å²) in [6.45, 7) is 0. The molecule has 2 heteroatoms. The fraction of sp³-hybridized carbons (Fsp3) is 0.364. The number of benzene rings is 2. The van der Waals surface area contributed by atoms with Crippen LogP contribution in [0.15, 0.2) is 48.5 Å². The predicted octanol–water partition coefficient (Wildman–Crippen LogP) is 5.19. The van der Waals surface area contributed by atoms with Crippen molar-refractivity contribution in [3.8, 4) is 0 Å². The van der Waals surface area contributed by atoms with Crippen LogP contribution in [0.4, 0.5) is 0 Å². The number of carbonyl (C=O) groups is 2. The lowest BCUT2D eigenvalue weighted by Gasteiger charge is -2.07. The Labute approximate surface area is 143 Å². The maximum Gasteiger partial charge on any atom is 0.162 e. The van der Waals surface area contributed by atoms with Crippen LogP contribution in [-0.4, -0.2) is 11.6 Å². The minimum Gasteiger partial charge on any atom is -0.294 e. The van der Waals surface area contributed by atoms with Gasteiger partial charge in [0, 0.05) is 24.0 Å². The molecular weight excluding hydrogens is 296 g/mol. The Morgan fingerprint density at radius 1 is 0.458 bits per heavy atom. The minimum absolute atomic E-state index is 0.130. The second-order valence-corrected chi connectivity index (χ2v) is 6.65. The summed E-state index contributed by atoms with van der Waals surface area (Å²) in [5, 5.41) is 0. The van der Waals surface area contributed by atoms with Gasteiger partial charge in [0.05, 0.1) is 0 Å². The first-order valence-electron chi connectivity index (χ1n) is 8.97. The summed E-state index contributed by atoms with van der Waals surface area (Å²) >= 11 is 0. The molecule has 0 spiro atoms. The molecule has 4 bridgehead atoms. The topological polar surface area (TPSA) is 34.1 Å². The highest BCUT2D eigenvalue weighted by Crippen LogP contribution is 2.16. The van der Waals surface area contributed by atoms with E-state index in [1.165, 1.54) is 30.4 Å². The summed E-state index contributed by atoms with van der Waals surface area (Å²) in [5.41, 5.74) is 4.12. The maximum atomic E-state index is 12.2. The zero-order valence-corrected chi connectivity index (χ0v) is 14.1. The fourth-order valence-electron chi connectivity index (χ4n) is 3.25. The van der Waals surface area contributed by atoms with Gasteiger partial charge in [0.15, 0.2) is 11.6 Å². The maximum absolute atomic E-state index is 12.2. The van der Waals surface area contributed by atoms with Crippen LogP contribution >= 0.6 is 0 Å². The van der Waals surface area contributed by atoms with Gasteiger partial charge in [-0.25, -0.2) is 0 Å². The van der Waals surface area contributed by atoms with Gasteiger partial charge in [-0.05, 0) is 43.2 Å². The number of Topliss-reactive ketones (excluding diaryl/α,β-unsaturated/α-hetero) is 2. The van der Waals surface area contributed by atoms with Crippen molar-refractivity contribution < 1.29 is 9.59 Å². The van der Waals surface area contributed by atoms with E-state index in [1.54, 1.807) is 0 Å². The Morgan fingerprint density at radius 3 is 1.29 bits per heavy atom. The van der Waals surface area contributed by atoms with Crippen molar-refractivity contribution in [2.45, 2.75) is 51.4 Å². The molecule has 0 saturated heterocycles. The number of aryl methyl sites for hydroxylation is 2. The van der Waals surface area contributed by atoms with Crippen LogP contribution in [0.5, 0.6) is 0 Å². The van der Waals surface area contributed by atoms with Crippen LogP contribution in [-0.2, 0) is 12.8 Å². The van der Waals surface area contributed by atoms with Gasteiger partial charge in [-0.1, -0.05) is 55.0 Å². The SMILES string of the molecule is O=C1CCCC(=O)c2ccc(cc2)CCCCCc2ccc1cc2. The molecule has 6 rings (SSSR count). The molecular formula is C22H24O2. The molecule has 0 saturated carbocycles. The van der Waals surface area contributed by atoms with Crippen molar-refractivity contribution in [3.05, 3.63) is 70.8 Å². The summed E-state index contributed by atoms with van der Waals surface area (Å²) in [4.78, 5) is 24.5. The van der Waals surface area contributed by atoms with Crippen molar-refractivity contribution in [2.24, 2.45) is 0 Å². The molecule has 0 amide bonds. The Morgan fingerprint density at radius 2 is 0.875 bits per heavy atom. The Balaban J connectivity index is 1.73. The molecule has 0 aliphatic heterocycles. The van der Waals surface area contributed by atoms with Crippen LogP contribution in [0, 0.1) is 0 Å². The molecule has 0 unspecified atom stereocenters. The Kier molecular flexibility index (Phi) is 5.58. The largest absolute Gasteiger partial charge is 0.294 e. The molecule has 2 aromatic rings. The van der Waals surface area contributed by atoms with Gasteiger partial charge >= 0.3 is 0 Å². The third-order valence-corrected chi connectivity index (χ3v) is 4.79. The number of hydrogen-bond donors (Lipinski definition) is 0. The Hall–Kier alpha value is -2.22. The van der Waals surface area contributed by atoms with Gasteiger partial charge in [0.25, 0.3) is 0 Å². The summed E-state index contributed by atoms with van der Waals surface area (Å²) in [6, 6.07) is 16.0. The molecule has 0 fully saturated rings. The molecule has 124 valence electrons. The van der Waals surface area contributed by atoms with Gasteiger partial charge in [0.2, 0.25) is 0 Å². The van der Waals surface area contributed by atoms with E-state index < -0.39 is 0 Å². The van der Waals surface area contributed by atoms with E-state index in [0.29, 0.717) is 19.3 Å². The summed E-state index contributed by atoms with van der Waals surface area (Å²) < 4.78 is 0. The fourth-order valence-corrected chi connectivity index (χ4v) is 3.25. The van der Waals surface area contributed by atoms with E-state index in [2.05, 4.69) is 24.3 Å². The second-order valence-electron chi connectivity index (χ2n) is 6.65. The first-order valence-corrected chi connectivity index (χ1v) is 8.97. The lowest BCUT2D eigenvalue weighted by Crippen LogP contribution is -2.04. The van der Waals surface area contributed by atoms with E-state index in [-0.39, 0.29) is 11.6 Å². The lowest BCUT2D eigenvalue weighted by atomic mass is 9.97. The molecule has 2 nitrogen and oxygen atoms in total. The van der Waals surface area contributed by atoms with Crippen LogP contribution < -0.4 is 0 Å². The van der Waals surface area contributed by atoms with Crippen LogP contribution in [0.25, 0.3) is 0 Å². The molecule has 2 aromatic carbocycles. The second kappa shape index (κ2) is 8.05. The zero-order valence-electron chi connectivity index (χ0n) is 14.1. The number of hydrogen-bond acceptors (Lipinski definition) is 2. The van der Waals surface area contributed by atoms with Crippen LogP contribution in [0.2, 0.25) is 0 Å². The van der Waals surface area contributed by atoms with Gasteiger partial charge < -0.3 is 0 Å². The normalized spacial score (nSPS) is 16.8. The Bertz CT molecular complexity index is 634. The summed E-state index contributed by atoms with van der Waals surface area (Å²) in [7, 11) is 0. The average molecular weight is 320 g/mol. The van der Waals surface area contributed by atoms with Gasteiger partial charge in [-0.3, -0.25) is 9.59 Å². The molecule has 24 heavy (non-hydrogen) atoms. The standard InChI is InChI=1S/C22H24O2/c23-21-7-4-8-22(24)20-15-11-18(12-16-20)6-3-1-2-5-17-9-13-19(21)14-10-17/h9-16H,1-8H2. The molecule has 4 aliphatic rings. The van der Waals surface area contributed by atoms with E-state index in [1.807, 2.05) is 24.3 Å². The van der Waals surface area contributed by atoms with Gasteiger partial charge in [-0.15, -0.1) is 0 Å². The third-order valence-electron chi connectivity index (χ3n) is 4.79. The first kappa shape index (κ1) is 16.6. The van der Waals surface area contributed by atoms with Gasteiger partial charge in [-0.2, -0.15) is 0 Å². The van der Waals surface area contributed by atoms with Crippen molar-refractivity contribution >= 4 is 11.6 Å². The van der Waals surface area contributed by atoms with Crippen LogP contribution in [0.1, 0.15) is 70.4 Å².